The summed E-state index contributed by atoms with van der Waals surface area (Å²) < 4.78 is 40.7. The number of rotatable bonds is 12. The number of carbonyl (C=O) groups excluding carboxylic acids is 2. The van der Waals surface area contributed by atoms with Gasteiger partial charge in [-0.1, -0.05) is 67.8 Å². The van der Waals surface area contributed by atoms with E-state index in [0.717, 1.165) is 54.3 Å². The smallest absolute Gasteiger partial charge is 0.271 e. The zero-order valence-corrected chi connectivity index (χ0v) is 25.6. The van der Waals surface area contributed by atoms with Crippen molar-refractivity contribution in [3.05, 3.63) is 105 Å². The van der Waals surface area contributed by atoms with Crippen molar-refractivity contribution in [3.8, 4) is 0 Å². The molecule has 1 saturated carbocycles. The van der Waals surface area contributed by atoms with Crippen molar-refractivity contribution in [1.82, 2.24) is 10.2 Å². The van der Waals surface area contributed by atoms with E-state index in [2.05, 4.69) is 5.32 Å². The minimum Gasteiger partial charge on any atom is -0.352 e. The highest BCUT2D eigenvalue weighted by molar-refractivity contribution is 7.92. The third-order valence-electron chi connectivity index (χ3n) is 7.84. The monoisotopic (exact) mass is 624 g/mol. The number of halogens is 1. The lowest BCUT2D eigenvalue weighted by Crippen LogP contribution is -2.55. The SMILES string of the molecule is Cc1ccc([N+](=O)[O-])cc1N(CC(=O)N(Cc1ccc(F)cc1)[C@H](Cc1ccccc1)C(=O)NC1CCCCC1)S(C)(=O)=O. The van der Waals surface area contributed by atoms with Crippen LogP contribution >= 0.6 is 0 Å². The molecule has 0 aliphatic heterocycles. The number of benzene rings is 3. The Hall–Kier alpha value is -4.32. The lowest BCUT2D eigenvalue weighted by molar-refractivity contribution is -0.384. The van der Waals surface area contributed by atoms with Crippen molar-refractivity contribution in [2.24, 2.45) is 0 Å². The molecule has 1 aliphatic carbocycles. The molecule has 12 heteroatoms. The van der Waals surface area contributed by atoms with Crippen molar-refractivity contribution < 1.29 is 27.3 Å². The van der Waals surface area contributed by atoms with Crippen LogP contribution in [0.25, 0.3) is 0 Å². The summed E-state index contributed by atoms with van der Waals surface area (Å²) in [5, 5.41) is 14.6. The van der Waals surface area contributed by atoms with Gasteiger partial charge >= 0.3 is 0 Å². The number of sulfonamides is 1. The van der Waals surface area contributed by atoms with Gasteiger partial charge in [-0.05, 0) is 48.6 Å². The van der Waals surface area contributed by atoms with Crippen LogP contribution in [-0.4, -0.2) is 54.9 Å². The lowest BCUT2D eigenvalue weighted by Gasteiger charge is -2.35. The lowest BCUT2D eigenvalue weighted by atomic mass is 9.94. The molecule has 0 saturated heterocycles. The molecule has 3 aromatic rings. The summed E-state index contributed by atoms with van der Waals surface area (Å²) in [7, 11) is -4.10. The summed E-state index contributed by atoms with van der Waals surface area (Å²) in [4.78, 5) is 40.4. The van der Waals surface area contributed by atoms with Crippen molar-refractivity contribution >= 4 is 33.2 Å². The summed E-state index contributed by atoms with van der Waals surface area (Å²) >= 11 is 0. The zero-order valence-electron chi connectivity index (χ0n) is 24.8. The van der Waals surface area contributed by atoms with Gasteiger partial charge in [-0.3, -0.25) is 24.0 Å². The number of nitro benzene ring substituents is 1. The predicted molar refractivity (Wildman–Crippen MR) is 166 cm³/mol. The molecule has 0 bridgehead atoms. The normalized spacial score (nSPS) is 14.4. The Morgan fingerprint density at radius 1 is 1.00 bits per heavy atom. The van der Waals surface area contributed by atoms with E-state index in [9.17, 15) is 32.5 Å². The minimum absolute atomic E-state index is 0.0111. The van der Waals surface area contributed by atoms with E-state index in [1.54, 1.807) is 6.92 Å². The molecule has 1 fully saturated rings. The number of nitro groups is 1. The first kappa shape index (κ1) is 32.6. The van der Waals surface area contributed by atoms with Crippen LogP contribution in [0.2, 0.25) is 0 Å². The second-order valence-corrected chi connectivity index (χ2v) is 13.1. The second kappa shape index (κ2) is 14.4. The van der Waals surface area contributed by atoms with E-state index in [-0.39, 0.29) is 36.3 Å². The van der Waals surface area contributed by atoms with E-state index < -0.39 is 39.3 Å². The summed E-state index contributed by atoms with van der Waals surface area (Å²) in [6.07, 6.45) is 5.78. The first-order valence-electron chi connectivity index (χ1n) is 14.5. The maximum Gasteiger partial charge on any atom is 0.271 e. The first-order chi connectivity index (χ1) is 20.9. The second-order valence-electron chi connectivity index (χ2n) is 11.2. The molecule has 3 aromatic carbocycles. The number of amides is 2. The van der Waals surface area contributed by atoms with Gasteiger partial charge in [0.05, 0.1) is 16.9 Å². The number of aryl methyl sites for hydroxylation is 1. The molecule has 44 heavy (non-hydrogen) atoms. The van der Waals surface area contributed by atoms with Crippen LogP contribution in [0.4, 0.5) is 15.8 Å². The van der Waals surface area contributed by atoms with Crippen molar-refractivity contribution in [2.45, 2.75) is 64.1 Å². The summed E-state index contributed by atoms with van der Waals surface area (Å²) in [6, 6.07) is 17.4. The molecule has 1 atom stereocenters. The fourth-order valence-corrected chi connectivity index (χ4v) is 6.36. The Morgan fingerprint density at radius 2 is 1.66 bits per heavy atom. The highest BCUT2D eigenvalue weighted by atomic mass is 32.2. The van der Waals surface area contributed by atoms with Gasteiger partial charge in [-0.2, -0.15) is 0 Å². The van der Waals surface area contributed by atoms with Crippen LogP contribution in [0.1, 0.15) is 48.8 Å². The molecule has 10 nitrogen and oxygen atoms in total. The largest absolute Gasteiger partial charge is 0.352 e. The number of non-ortho nitro benzene ring substituents is 1. The Kier molecular flexibility index (Phi) is 10.7. The molecular formula is C32H37FN4O6S. The molecule has 0 heterocycles. The first-order valence-corrected chi connectivity index (χ1v) is 16.4. The Bertz CT molecular complexity index is 1580. The van der Waals surface area contributed by atoms with E-state index in [1.165, 1.54) is 41.3 Å². The standard InChI is InChI=1S/C32H37FN4O6S/c1-23-13-18-28(37(40)41)20-29(23)36(44(2,42)43)22-31(38)35(21-25-14-16-26(33)17-15-25)30(19-24-9-5-3-6-10-24)32(39)34-27-11-7-4-8-12-27/h3,5-6,9-10,13-18,20,27,30H,4,7-8,11-12,19,21-22H2,1-2H3,(H,34,39)/t30-/m1/s1. The van der Waals surface area contributed by atoms with Gasteiger partial charge in [0.25, 0.3) is 5.69 Å². The molecule has 4 rings (SSSR count). The van der Waals surface area contributed by atoms with Crippen molar-refractivity contribution in [3.63, 3.8) is 0 Å². The molecule has 234 valence electrons. The van der Waals surface area contributed by atoms with E-state index in [0.29, 0.717) is 11.1 Å². The molecule has 2 amide bonds. The van der Waals surface area contributed by atoms with Crippen LogP contribution in [0, 0.1) is 22.9 Å². The molecule has 0 radical (unpaired) electrons. The fourth-order valence-electron chi connectivity index (χ4n) is 5.46. The number of nitrogens with one attached hydrogen (secondary N) is 1. The van der Waals surface area contributed by atoms with Gasteiger partial charge in [0.1, 0.15) is 18.4 Å². The van der Waals surface area contributed by atoms with Gasteiger partial charge in [0.15, 0.2) is 0 Å². The van der Waals surface area contributed by atoms with Crippen LogP contribution in [-0.2, 0) is 32.6 Å². The van der Waals surface area contributed by atoms with Crippen LogP contribution in [0.3, 0.4) is 0 Å². The van der Waals surface area contributed by atoms with Crippen molar-refractivity contribution in [1.29, 1.82) is 0 Å². The fraction of sp³-hybridized carbons (Fsp3) is 0.375. The summed E-state index contributed by atoms with van der Waals surface area (Å²) in [5.74, 6) is -1.52. The third-order valence-corrected chi connectivity index (χ3v) is 8.97. The van der Waals surface area contributed by atoms with Gasteiger partial charge in [0, 0.05) is 31.1 Å². The average Bonchev–Trinajstić information content (AvgIpc) is 2.99. The molecule has 1 aliphatic rings. The molecule has 1 N–H and O–H groups in total. The maximum absolute atomic E-state index is 14.2. The number of hydrogen-bond donors (Lipinski definition) is 1. The van der Waals surface area contributed by atoms with Gasteiger partial charge in [0.2, 0.25) is 21.8 Å². The van der Waals surface area contributed by atoms with E-state index in [1.807, 2.05) is 30.3 Å². The van der Waals surface area contributed by atoms with Crippen LogP contribution < -0.4 is 9.62 Å². The van der Waals surface area contributed by atoms with Crippen LogP contribution in [0.5, 0.6) is 0 Å². The number of carbonyl (C=O) groups is 2. The van der Waals surface area contributed by atoms with E-state index >= 15 is 0 Å². The quantitative estimate of drug-likeness (QED) is 0.226. The molecular weight excluding hydrogens is 587 g/mol. The molecule has 0 aromatic heterocycles. The highest BCUT2D eigenvalue weighted by Crippen LogP contribution is 2.28. The topological polar surface area (TPSA) is 130 Å². The van der Waals surface area contributed by atoms with Crippen molar-refractivity contribution in [2.75, 3.05) is 17.1 Å². The number of anilines is 1. The van der Waals surface area contributed by atoms with Gasteiger partial charge < -0.3 is 10.2 Å². The zero-order chi connectivity index (χ0) is 31.9. The maximum atomic E-state index is 14.2. The van der Waals surface area contributed by atoms with E-state index in [4.69, 9.17) is 0 Å². The minimum atomic E-state index is -4.10. The summed E-state index contributed by atoms with van der Waals surface area (Å²) in [5.41, 5.74) is 1.41. The average molecular weight is 625 g/mol. The van der Waals surface area contributed by atoms with Crippen LogP contribution in [0.15, 0.2) is 72.8 Å². The Labute approximate surface area is 257 Å². The number of hydrogen-bond acceptors (Lipinski definition) is 6. The predicted octanol–water partition coefficient (Wildman–Crippen LogP) is 4.90. The third kappa shape index (κ3) is 8.62. The Balaban J connectivity index is 1.75. The Morgan fingerprint density at radius 3 is 2.27 bits per heavy atom. The molecule has 0 unspecified atom stereocenters. The van der Waals surface area contributed by atoms with Gasteiger partial charge in [-0.15, -0.1) is 0 Å². The van der Waals surface area contributed by atoms with Gasteiger partial charge in [-0.25, -0.2) is 12.8 Å². The molecule has 0 spiro atoms. The summed E-state index contributed by atoms with van der Waals surface area (Å²) in [6.45, 7) is 0.790. The highest BCUT2D eigenvalue weighted by Gasteiger charge is 2.34. The number of nitrogens with zero attached hydrogens (tertiary/aromatic N) is 3.